The van der Waals surface area contributed by atoms with E-state index in [1.54, 1.807) is 56.4 Å². The Morgan fingerprint density at radius 1 is 0.689 bits per heavy atom. The smallest absolute Gasteiger partial charge is 0.413 e. The topological polar surface area (TPSA) is 215 Å². The van der Waals surface area contributed by atoms with Crippen molar-refractivity contribution in [2.45, 2.75) is 115 Å². The van der Waals surface area contributed by atoms with Crippen molar-refractivity contribution < 1.29 is 57.7 Å². The van der Waals surface area contributed by atoms with Gasteiger partial charge in [-0.15, -0.1) is 0 Å². The number of rotatable bonds is 13. The fourth-order valence-electron chi connectivity index (χ4n) is 6.96. The molecular formula is C42H55Cl3N4O12. The molecule has 2 aliphatic rings. The highest BCUT2D eigenvalue weighted by molar-refractivity contribution is 6.32. The molecule has 2 unspecified atom stereocenters. The highest BCUT2D eigenvalue weighted by atomic mass is 35.5. The Morgan fingerprint density at radius 2 is 1.10 bits per heavy atom. The molecule has 4 rings (SSSR count). The average Bonchev–Trinajstić information content (AvgIpc) is 3.18. The van der Waals surface area contributed by atoms with Gasteiger partial charge in [-0.3, -0.25) is 38.6 Å². The maximum absolute atomic E-state index is 13.0. The maximum Gasteiger partial charge on any atom is 0.413 e. The Kier molecular flexibility index (Phi) is 21.5. The summed E-state index contributed by atoms with van der Waals surface area (Å²) < 4.78 is 15.4. The second-order valence-electron chi connectivity index (χ2n) is 14.3. The van der Waals surface area contributed by atoms with E-state index in [1.165, 1.54) is 37.6 Å². The molecule has 0 saturated heterocycles. The average molecular weight is 914 g/mol. The van der Waals surface area contributed by atoms with Crippen LogP contribution in [0.15, 0.2) is 48.5 Å². The molecule has 0 aliphatic heterocycles. The summed E-state index contributed by atoms with van der Waals surface area (Å²) in [6.45, 7) is 5.99. The Bertz CT molecular complexity index is 1870. The number of ether oxygens (including phenoxy) is 3. The number of Topliss-reactive ketones (excluding diaryl/α,β-unsaturated/α-hetero) is 2. The minimum Gasteiger partial charge on any atom is -0.481 e. The fourth-order valence-corrected chi connectivity index (χ4v) is 7.62. The lowest BCUT2D eigenvalue weighted by Gasteiger charge is -2.43. The lowest BCUT2D eigenvalue weighted by atomic mass is 9.74. The standard InChI is InChI=1S/C21H27ClN2O6.C16H19Cl2NO3.C5H9NO3/c1-14(25)23-13-11-19(27)29-15(2)30-20(28)24(3)21(12-7-6-10-18(21)26)16-8-4-5-9-17(16)22;1-11(17)22-15(21)19(2)16(10-6-5-9-14(16)20)12-7-3-4-8-13(12)18;1-4(7)6-3-2-5(8)9/h4-5,8-9,15H,6-7,10-13H2,1-3H3,(H,23,25);3-4,7-8,11H,5-6,9-10H2,1-2H3;2-3H2,1H3,(H,6,7)(H,8,9)/t15?,21-;11?,16-;/m00./s1. The van der Waals surface area contributed by atoms with Gasteiger partial charge in [-0.05, 0) is 57.6 Å². The van der Waals surface area contributed by atoms with E-state index in [-0.39, 0.29) is 49.3 Å². The van der Waals surface area contributed by atoms with Crippen molar-refractivity contribution in [2.24, 2.45) is 0 Å². The highest BCUT2D eigenvalue weighted by Gasteiger charge is 2.50. The number of ketones is 2. The van der Waals surface area contributed by atoms with Crippen molar-refractivity contribution in [2.75, 3.05) is 27.2 Å². The number of carbonyl (C=O) groups excluding carboxylic acids is 7. The summed E-state index contributed by atoms with van der Waals surface area (Å²) in [4.78, 5) is 96.1. The van der Waals surface area contributed by atoms with Gasteiger partial charge in [0.25, 0.3) is 0 Å². The molecule has 2 fully saturated rings. The molecule has 2 aromatic carbocycles. The van der Waals surface area contributed by atoms with E-state index >= 15 is 0 Å². The Balaban J connectivity index is 0.000000360. The van der Waals surface area contributed by atoms with Crippen LogP contribution in [0.25, 0.3) is 0 Å². The number of halogens is 3. The molecule has 0 bridgehead atoms. The van der Waals surface area contributed by atoms with Gasteiger partial charge in [0.2, 0.25) is 18.1 Å². The summed E-state index contributed by atoms with van der Waals surface area (Å²) >= 11 is 18.4. The van der Waals surface area contributed by atoms with Crippen LogP contribution < -0.4 is 10.6 Å². The van der Waals surface area contributed by atoms with Gasteiger partial charge >= 0.3 is 24.1 Å². The van der Waals surface area contributed by atoms with Gasteiger partial charge < -0.3 is 30.0 Å². The zero-order valence-corrected chi connectivity index (χ0v) is 37.5. The van der Waals surface area contributed by atoms with Gasteiger partial charge in [-0.1, -0.05) is 71.2 Å². The summed E-state index contributed by atoms with van der Waals surface area (Å²) in [7, 11) is 3.05. The van der Waals surface area contributed by atoms with E-state index in [1.807, 2.05) is 6.07 Å². The van der Waals surface area contributed by atoms with E-state index in [0.29, 0.717) is 46.9 Å². The molecule has 0 radical (unpaired) electrons. The molecule has 16 nitrogen and oxygen atoms in total. The van der Waals surface area contributed by atoms with Gasteiger partial charge in [0.1, 0.15) is 11.1 Å². The number of carboxylic acids is 1. The van der Waals surface area contributed by atoms with Crippen LogP contribution in [0.2, 0.25) is 10.0 Å². The first-order chi connectivity index (χ1) is 28.7. The molecule has 2 aliphatic carbocycles. The number of benzene rings is 2. The third-order valence-electron chi connectivity index (χ3n) is 9.88. The van der Waals surface area contributed by atoms with Gasteiger partial charge in [0.05, 0.1) is 12.8 Å². The number of alkyl halides is 1. The number of nitrogens with zero attached hydrogens (tertiary/aromatic N) is 2. The molecule has 4 amide bonds. The minimum atomic E-state index is -1.23. The molecular weight excluding hydrogens is 859 g/mol. The fraction of sp³-hybridized carbons (Fsp3) is 0.524. The van der Waals surface area contributed by atoms with Crippen LogP contribution in [0.5, 0.6) is 0 Å². The molecule has 0 heterocycles. The van der Waals surface area contributed by atoms with E-state index in [0.717, 1.165) is 25.7 Å². The van der Waals surface area contributed by atoms with Crippen molar-refractivity contribution in [3.8, 4) is 0 Å². The molecule has 2 saturated carbocycles. The van der Waals surface area contributed by atoms with Crippen LogP contribution in [0.3, 0.4) is 0 Å². The molecule has 4 atom stereocenters. The molecule has 19 heteroatoms. The molecule has 336 valence electrons. The molecule has 0 spiro atoms. The zero-order chi connectivity index (χ0) is 45.9. The summed E-state index contributed by atoms with van der Waals surface area (Å²) in [5.41, 5.74) is -1.89. The second-order valence-corrected chi connectivity index (χ2v) is 15.7. The molecule has 3 N–H and O–H groups in total. The highest BCUT2D eigenvalue weighted by Crippen LogP contribution is 2.44. The number of carbonyl (C=O) groups is 8. The number of hydrogen-bond acceptors (Lipinski definition) is 11. The number of nitrogens with one attached hydrogen (secondary N) is 2. The summed E-state index contributed by atoms with van der Waals surface area (Å²) in [6, 6.07) is 14.1. The predicted octanol–water partition coefficient (Wildman–Crippen LogP) is 7.09. The number of esters is 1. The number of hydrogen-bond donors (Lipinski definition) is 3. The van der Waals surface area contributed by atoms with Crippen LogP contribution in [-0.4, -0.2) is 101 Å². The van der Waals surface area contributed by atoms with Crippen LogP contribution in [0.1, 0.15) is 103 Å². The van der Waals surface area contributed by atoms with Gasteiger partial charge in [0, 0.05) is 82.0 Å². The second kappa shape index (κ2) is 25.1. The molecule has 0 aromatic heterocycles. The summed E-state index contributed by atoms with van der Waals surface area (Å²) in [5.74, 6) is -2.11. The first kappa shape index (κ1) is 52.2. The quantitative estimate of drug-likeness (QED) is 0.104. The number of aliphatic carboxylic acids is 1. The van der Waals surface area contributed by atoms with Crippen molar-refractivity contribution in [3.63, 3.8) is 0 Å². The molecule has 2 aromatic rings. The predicted molar refractivity (Wildman–Crippen MR) is 227 cm³/mol. The number of amides is 4. The third-order valence-corrected chi connectivity index (χ3v) is 10.6. The van der Waals surface area contributed by atoms with Crippen LogP contribution in [-0.2, 0) is 54.1 Å². The summed E-state index contributed by atoms with van der Waals surface area (Å²) in [5, 5.41) is 13.8. The SMILES string of the molecule is CC(=O)NCCC(=O)O.CC(=O)NCCC(=O)OC(C)OC(=O)N(C)[C@]1(c2ccccc2Cl)CCCCC1=O.CC(Cl)OC(=O)N(C)[C@]1(c2ccccc2Cl)CCCCC1=O. The third kappa shape index (κ3) is 15.2. The van der Waals surface area contributed by atoms with Crippen molar-refractivity contribution in [1.82, 2.24) is 20.4 Å². The van der Waals surface area contributed by atoms with Crippen molar-refractivity contribution >= 4 is 82.3 Å². The largest absolute Gasteiger partial charge is 0.481 e. The van der Waals surface area contributed by atoms with E-state index in [4.69, 9.17) is 54.1 Å². The van der Waals surface area contributed by atoms with Gasteiger partial charge in [-0.25, -0.2) is 9.59 Å². The Morgan fingerprint density at radius 3 is 1.48 bits per heavy atom. The Hall–Kier alpha value is -4.93. The van der Waals surface area contributed by atoms with Crippen molar-refractivity contribution in [3.05, 3.63) is 69.7 Å². The van der Waals surface area contributed by atoms with Crippen LogP contribution >= 0.6 is 34.8 Å². The van der Waals surface area contributed by atoms with Gasteiger partial charge in [0.15, 0.2) is 17.1 Å². The number of likely N-dealkylation sites (N-methyl/N-ethyl adjacent to an activating group) is 2. The van der Waals surface area contributed by atoms with Crippen molar-refractivity contribution in [1.29, 1.82) is 0 Å². The normalized spacial score (nSPS) is 19.2. The van der Waals surface area contributed by atoms with Gasteiger partial charge in [-0.2, -0.15) is 0 Å². The summed E-state index contributed by atoms with van der Waals surface area (Å²) in [6.07, 6.45) is 2.19. The first-order valence-electron chi connectivity index (χ1n) is 19.7. The first-order valence-corrected chi connectivity index (χ1v) is 20.9. The number of carboxylic acid groups (broad SMARTS) is 1. The molecule has 61 heavy (non-hydrogen) atoms. The Labute approximate surface area is 370 Å². The minimum absolute atomic E-state index is 0.0143. The lowest BCUT2D eigenvalue weighted by Crippen LogP contribution is -2.54. The monoisotopic (exact) mass is 912 g/mol. The maximum atomic E-state index is 13.0. The van der Waals surface area contributed by atoms with E-state index in [9.17, 15) is 38.4 Å². The van der Waals surface area contributed by atoms with Crippen LogP contribution in [0.4, 0.5) is 9.59 Å². The van der Waals surface area contributed by atoms with E-state index < -0.39 is 47.1 Å². The zero-order valence-electron chi connectivity index (χ0n) is 35.2. The van der Waals surface area contributed by atoms with E-state index in [2.05, 4.69) is 10.6 Å². The van der Waals surface area contributed by atoms with Crippen LogP contribution in [0, 0.1) is 0 Å². The lowest BCUT2D eigenvalue weighted by molar-refractivity contribution is -0.167.